The maximum atomic E-state index is 11.6. The van der Waals surface area contributed by atoms with E-state index in [1.807, 2.05) is 36.4 Å². The van der Waals surface area contributed by atoms with Crippen LogP contribution in [-0.2, 0) is 0 Å². The maximum Gasteiger partial charge on any atom is 0.230 e. The van der Waals surface area contributed by atoms with Crippen LogP contribution in [0.4, 0.5) is 0 Å². The van der Waals surface area contributed by atoms with E-state index in [1.165, 1.54) is 11.5 Å². The van der Waals surface area contributed by atoms with Crippen molar-refractivity contribution in [1.29, 1.82) is 0 Å². The Kier molecular flexibility index (Phi) is 1.95. The van der Waals surface area contributed by atoms with Crippen LogP contribution < -0.4 is 0 Å². The van der Waals surface area contributed by atoms with Gasteiger partial charge in [-0.25, -0.2) is 0 Å². The van der Waals surface area contributed by atoms with Gasteiger partial charge in [-0.15, -0.1) is 0 Å². The predicted molar refractivity (Wildman–Crippen MR) is 67.4 cm³/mol. The van der Waals surface area contributed by atoms with Crippen LogP contribution in [0.2, 0.25) is 0 Å². The minimum absolute atomic E-state index is 0.0316. The molecule has 0 aliphatic heterocycles. The SMILES string of the molecule is CC(=O)n1c(O)ccc2c3cccc3ccc21. The van der Waals surface area contributed by atoms with Gasteiger partial charge in [0.25, 0.3) is 0 Å². The molecule has 0 bridgehead atoms. The largest absolute Gasteiger partial charge is 0.494 e. The molecule has 0 atom stereocenters. The molecule has 84 valence electrons. The van der Waals surface area contributed by atoms with Crippen LogP contribution in [0, 0.1) is 0 Å². The van der Waals surface area contributed by atoms with Crippen molar-refractivity contribution in [2.75, 3.05) is 0 Å². The highest BCUT2D eigenvalue weighted by Crippen LogP contribution is 2.28. The van der Waals surface area contributed by atoms with Crippen molar-refractivity contribution in [3.8, 4) is 5.88 Å². The lowest BCUT2D eigenvalue weighted by molar-refractivity contribution is 0.0932. The molecule has 3 aromatic rings. The Morgan fingerprint density at radius 1 is 1.06 bits per heavy atom. The summed E-state index contributed by atoms with van der Waals surface area (Å²) in [4.78, 5) is 11.6. The summed E-state index contributed by atoms with van der Waals surface area (Å²) in [5, 5.41) is 12.9. The van der Waals surface area contributed by atoms with Crippen LogP contribution in [0.1, 0.15) is 11.7 Å². The second kappa shape index (κ2) is 3.35. The van der Waals surface area contributed by atoms with Crippen LogP contribution in [0.25, 0.3) is 21.7 Å². The quantitative estimate of drug-likeness (QED) is 0.638. The van der Waals surface area contributed by atoms with E-state index in [-0.39, 0.29) is 11.8 Å². The molecule has 17 heavy (non-hydrogen) atoms. The fourth-order valence-corrected chi connectivity index (χ4v) is 2.28. The third-order valence-corrected chi connectivity index (χ3v) is 3.02. The van der Waals surface area contributed by atoms with Gasteiger partial charge in [0.15, 0.2) is 5.88 Å². The van der Waals surface area contributed by atoms with E-state index < -0.39 is 0 Å². The molecule has 3 heteroatoms. The number of aromatic nitrogens is 1. The zero-order valence-corrected chi connectivity index (χ0v) is 9.34. The Labute approximate surface area is 97.9 Å². The van der Waals surface area contributed by atoms with E-state index in [2.05, 4.69) is 0 Å². The van der Waals surface area contributed by atoms with E-state index in [0.717, 1.165) is 21.7 Å². The second-order valence-electron chi connectivity index (χ2n) is 4.07. The van der Waals surface area contributed by atoms with Gasteiger partial charge in [0.1, 0.15) is 0 Å². The predicted octanol–water partition coefficient (Wildman–Crippen LogP) is 3.16. The van der Waals surface area contributed by atoms with Gasteiger partial charge in [-0.3, -0.25) is 9.36 Å². The number of carbonyl (C=O) groups is 1. The summed E-state index contributed by atoms with van der Waals surface area (Å²) in [7, 11) is 0. The monoisotopic (exact) mass is 225 g/mol. The first kappa shape index (κ1) is 9.90. The number of benzene rings is 1. The molecule has 0 radical (unpaired) electrons. The Morgan fingerprint density at radius 2 is 1.88 bits per heavy atom. The molecule has 0 amide bonds. The van der Waals surface area contributed by atoms with E-state index in [1.54, 1.807) is 6.07 Å². The Hall–Kier alpha value is -2.29. The molecule has 3 rings (SSSR count). The summed E-state index contributed by atoms with van der Waals surface area (Å²) >= 11 is 0. The molecule has 0 saturated heterocycles. The van der Waals surface area contributed by atoms with Crippen LogP contribution in [-0.4, -0.2) is 15.6 Å². The number of pyridine rings is 1. The van der Waals surface area contributed by atoms with Crippen LogP contribution in [0.15, 0.2) is 42.5 Å². The number of carbonyl (C=O) groups excluding carboxylic acids is 1. The number of fused-ring (bicyclic) bond motifs is 3. The first-order valence-electron chi connectivity index (χ1n) is 5.41. The van der Waals surface area contributed by atoms with Gasteiger partial charge >= 0.3 is 0 Å². The average Bonchev–Trinajstić information content (AvgIpc) is 2.75. The normalized spacial score (nSPS) is 11.1. The van der Waals surface area contributed by atoms with Gasteiger partial charge in [0, 0.05) is 12.3 Å². The highest BCUT2D eigenvalue weighted by molar-refractivity contribution is 6.09. The van der Waals surface area contributed by atoms with Crippen molar-refractivity contribution in [3.63, 3.8) is 0 Å². The molecule has 0 unspecified atom stereocenters. The third kappa shape index (κ3) is 1.32. The van der Waals surface area contributed by atoms with Crippen LogP contribution >= 0.6 is 0 Å². The van der Waals surface area contributed by atoms with E-state index in [0.29, 0.717) is 0 Å². The lowest BCUT2D eigenvalue weighted by Gasteiger charge is -2.10. The molecule has 0 aliphatic rings. The lowest BCUT2D eigenvalue weighted by atomic mass is 10.1. The van der Waals surface area contributed by atoms with Gasteiger partial charge in [0.2, 0.25) is 5.91 Å². The Balaban J connectivity index is 2.55. The van der Waals surface area contributed by atoms with Gasteiger partial charge in [-0.2, -0.15) is 0 Å². The number of aromatic hydroxyl groups is 1. The number of hydrogen-bond acceptors (Lipinski definition) is 2. The minimum Gasteiger partial charge on any atom is -0.494 e. The fourth-order valence-electron chi connectivity index (χ4n) is 2.28. The van der Waals surface area contributed by atoms with Crippen LogP contribution in [0.5, 0.6) is 5.88 Å². The molecule has 1 aromatic heterocycles. The zero-order chi connectivity index (χ0) is 12.0. The summed E-state index contributed by atoms with van der Waals surface area (Å²) < 4.78 is 1.32. The first-order valence-corrected chi connectivity index (χ1v) is 5.41. The average molecular weight is 225 g/mol. The highest BCUT2D eigenvalue weighted by Gasteiger charge is 2.09. The molecular formula is C14H11NO2. The Morgan fingerprint density at radius 3 is 2.65 bits per heavy atom. The molecule has 0 fully saturated rings. The van der Waals surface area contributed by atoms with Gasteiger partial charge in [0.05, 0.1) is 5.52 Å². The molecule has 3 nitrogen and oxygen atoms in total. The topological polar surface area (TPSA) is 42.2 Å². The highest BCUT2D eigenvalue weighted by atomic mass is 16.3. The number of nitrogens with zero attached hydrogens (tertiary/aromatic N) is 1. The smallest absolute Gasteiger partial charge is 0.230 e. The standard InChI is InChI=1S/C14H11NO2/c1-9(16)15-13-7-5-10-3-2-4-11(10)12(13)6-8-14(15)17/h2-8,17H,1H3. The molecule has 0 spiro atoms. The lowest BCUT2D eigenvalue weighted by Crippen LogP contribution is -2.07. The molecule has 1 heterocycles. The summed E-state index contributed by atoms with van der Waals surface area (Å²) in [5.41, 5.74) is 0.733. The Bertz CT molecular complexity index is 740. The second-order valence-corrected chi connectivity index (χ2v) is 4.07. The molecular weight excluding hydrogens is 214 g/mol. The summed E-state index contributed by atoms with van der Waals surface area (Å²) in [6, 6.07) is 13.2. The summed E-state index contributed by atoms with van der Waals surface area (Å²) in [5.74, 6) is -0.227. The van der Waals surface area contributed by atoms with Crippen molar-refractivity contribution in [2.45, 2.75) is 6.92 Å². The molecule has 0 saturated carbocycles. The summed E-state index contributed by atoms with van der Waals surface area (Å²) in [6.45, 7) is 1.44. The zero-order valence-electron chi connectivity index (χ0n) is 9.34. The molecule has 1 N–H and O–H groups in total. The maximum absolute atomic E-state index is 11.6. The van der Waals surface area contributed by atoms with Crippen molar-refractivity contribution in [1.82, 2.24) is 4.57 Å². The van der Waals surface area contributed by atoms with Crippen molar-refractivity contribution >= 4 is 27.6 Å². The summed E-state index contributed by atoms with van der Waals surface area (Å²) in [6.07, 6.45) is 0. The number of rotatable bonds is 0. The van der Waals surface area contributed by atoms with Crippen molar-refractivity contribution in [2.24, 2.45) is 0 Å². The first-order chi connectivity index (χ1) is 8.18. The van der Waals surface area contributed by atoms with Gasteiger partial charge < -0.3 is 5.11 Å². The van der Waals surface area contributed by atoms with Crippen LogP contribution in [0.3, 0.4) is 0 Å². The molecule has 2 aromatic carbocycles. The van der Waals surface area contributed by atoms with Gasteiger partial charge in [-0.05, 0) is 29.0 Å². The molecule has 0 aliphatic carbocycles. The van der Waals surface area contributed by atoms with E-state index in [4.69, 9.17) is 0 Å². The van der Waals surface area contributed by atoms with Crippen molar-refractivity contribution in [3.05, 3.63) is 42.5 Å². The van der Waals surface area contributed by atoms with E-state index >= 15 is 0 Å². The number of hydrogen-bond donors (Lipinski definition) is 1. The van der Waals surface area contributed by atoms with E-state index in [9.17, 15) is 9.90 Å². The van der Waals surface area contributed by atoms with Crippen molar-refractivity contribution < 1.29 is 9.90 Å². The minimum atomic E-state index is -0.195. The third-order valence-electron chi connectivity index (χ3n) is 3.02. The fraction of sp³-hybridized carbons (Fsp3) is 0.0714. The van der Waals surface area contributed by atoms with Gasteiger partial charge in [-0.1, -0.05) is 24.3 Å².